The van der Waals surface area contributed by atoms with E-state index < -0.39 is 0 Å². The summed E-state index contributed by atoms with van der Waals surface area (Å²) in [7, 11) is 0. The van der Waals surface area contributed by atoms with E-state index in [0.29, 0.717) is 6.61 Å². The van der Waals surface area contributed by atoms with Crippen LogP contribution in [0.5, 0.6) is 11.5 Å². The van der Waals surface area contributed by atoms with E-state index in [0.717, 1.165) is 17.9 Å². The minimum atomic E-state index is -0.137. The molecule has 0 aromatic heterocycles. The van der Waals surface area contributed by atoms with Gasteiger partial charge in [0.15, 0.2) is 0 Å². The van der Waals surface area contributed by atoms with Gasteiger partial charge in [0, 0.05) is 6.42 Å². The van der Waals surface area contributed by atoms with Crippen LogP contribution in [0.25, 0.3) is 0 Å². The standard InChI is InChI=1S/C26H28O3/c1-18-8-12-21(13-9-18)27-17-26-25(28-22-14-10-19(2)11-15-22)16-24(29-26)23-7-5-4-6-20(23)3/h4-15,24-26H,16-17H2,1-3H3/t24-,25-,26+/m0/s1. The van der Waals surface area contributed by atoms with Crippen molar-refractivity contribution in [1.82, 2.24) is 0 Å². The maximum Gasteiger partial charge on any atom is 0.131 e. The van der Waals surface area contributed by atoms with Gasteiger partial charge in [-0.1, -0.05) is 59.7 Å². The fourth-order valence-electron chi connectivity index (χ4n) is 3.74. The van der Waals surface area contributed by atoms with Crippen LogP contribution in [-0.2, 0) is 4.74 Å². The molecule has 0 bridgehead atoms. The maximum absolute atomic E-state index is 6.43. The van der Waals surface area contributed by atoms with Crippen molar-refractivity contribution >= 4 is 0 Å². The molecule has 0 unspecified atom stereocenters. The fourth-order valence-corrected chi connectivity index (χ4v) is 3.74. The third-order valence-electron chi connectivity index (χ3n) is 5.48. The minimum Gasteiger partial charge on any atom is -0.491 e. The molecule has 3 nitrogen and oxygen atoms in total. The highest BCUT2D eigenvalue weighted by atomic mass is 16.6. The first-order valence-corrected chi connectivity index (χ1v) is 10.2. The third-order valence-corrected chi connectivity index (χ3v) is 5.48. The maximum atomic E-state index is 6.43. The average molecular weight is 389 g/mol. The number of benzene rings is 3. The van der Waals surface area contributed by atoms with E-state index >= 15 is 0 Å². The second-order valence-corrected chi connectivity index (χ2v) is 7.85. The van der Waals surface area contributed by atoms with E-state index in [4.69, 9.17) is 14.2 Å². The van der Waals surface area contributed by atoms with Gasteiger partial charge in [-0.15, -0.1) is 0 Å². The molecule has 1 saturated heterocycles. The van der Waals surface area contributed by atoms with Crippen molar-refractivity contribution in [3.8, 4) is 11.5 Å². The van der Waals surface area contributed by atoms with Gasteiger partial charge >= 0.3 is 0 Å². The lowest BCUT2D eigenvalue weighted by atomic mass is 10.00. The van der Waals surface area contributed by atoms with Crippen molar-refractivity contribution < 1.29 is 14.2 Å². The smallest absolute Gasteiger partial charge is 0.131 e. The Labute approximate surface area is 173 Å². The van der Waals surface area contributed by atoms with Crippen molar-refractivity contribution in [2.24, 2.45) is 0 Å². The molecule has 0 spiro atoms. The molecular weight excluding hydrogens is 360 g/mol. The Bertz CT molecular complexity index is 931. The minimum absolute atomic E-state index is 0.0123. The Morgan fingerprint density at radius 2 is 1.41 bits per heavy atom. The molecule has 0 N–H and O–H groups in total. The molecule has 150 valence electrons. The highest BCUT2D eigenvalue weighted by Gasteiger charge is 2.38. The molecule has 0 aliphatic carbocycles. The van der Waals surface area contributed by atoms with E-state index in [-0.39, 0.29) is 18.3 Å². The Morgan fingerprint density at radius 3 is 2.07 bits per heavy atom. The zero-order valence-corrected chi connectivity index (χ0v) is 17.3. The van der Waals surface area contributed by atoms with Crippen LogP contribution < -0.4 is 9.47 Å². The molecule has 3 aromatic carbocycles. The summed E-state index contributed by atoms with van der Waals surface area (Å²) in [4.78, 5) is 0. The summed E-state index contributed by atoms with van der Waals surface area (Å²) in [5, 5.41) is 0. The molecule has 0 saturated carbocycles. The lowest BCUT2D eigenvalue weighted by molar-refractivity contribution is -0.0109. The van der Waals surface area contributed by atoms with Crippen LogP contribution in [0.2, 0.25) is 0 Å². The number of hydrogen-bond acceptors (Lipinski definition) is 3. The van der Waals surface area contributed by atoms with E-state index in [1.54, 1.807) is 0 Å². The van der Waals surface area contributed by atoms with Crippen LogP contribution in [0.15, 0.2) is 72.8 Å². The molecule has 3 heteroatoms. The van der Waals surface area contributed by atoms with Gasteiger partial charge in [0.25, 0.3) is 0 Å². The Kier molecular flexibility index (Phi) is 5.86. The summed E-state index contributed by atoms with van der Waals surface area (Å²) in [5.74, 6) is 1.72. The molecule has 1 heterocycles. The summed E-state index contributed by atoms with van der Waals surface area (Å²) in [6, 6.07) is 24.7. The van der Waals surface area contributed by atoms with Gasteiger partial charge in [0.1, 0.15) is 30.3 Å². The number of aryl methyl sites for hydroxylation is 3. The van der Waals surface area contributed by atoms with Crippen molar-refractivity contribution in [2.75, 3.05) is 6.61 Å². The summed E-state index contributed by atoms with van der Waals surface area (Å²) in [5.41, 5.74) is 4.90. The number of rotatable bonds is 6. The quantitative estimate of drug-likeness (QED) is 0.521. The molecule has 3 atom stereocenters. The second-order valence-electron chi connectivity index (χ2n) is 7.85. The molecule has 3 aromatic rings. The SMILES string of the molecule is Cc1ccc(OC[C@H]2O[C@H](c3ccccc3C)C[C@@H]2Oc2ccc(C)cc2)cc1. The van der Waals surface area contributed by atoms with Crippen molar-refractivity contribution in [3.05, 3.63) is 95.1 Å². The first-order valence-electron chi connectivity index (χ1n) is 10.2. The Morgan fingerprint density at radius 1 is 0.793 bits per heavy atom. The van der Waals surface area contributed by atoms with Crippen molar-refractivity contribution in [2.45, 2.75) is 45.5 Å². The molecule has 1 aliphatic heterocycles. The first kappa shape index (κ1) is 19.5. The van der Waals surface area contributed by atoms with E-state index in [1.807, 2.05) is 24.3 Å². The lowest BCUT2D eigenvalue weighted by Crippen LogP contribution is -2.32. The zero-order chi connectivity index (χ0) is 20.2. The van der Waals surface area contributed by atoms with Gasteiger partial charge in [-0.2, -0.15) is 0 Å². The highest BCUT2D eigenvalue weighted by Crippen LogP contribution is 2.37. The van der Waals surface area contributed by atoms with Crippen molar-refractivity contribution in [1.29, 1.82) is 0 Å². The summed E-state index contributed by atoms with van der Waals surface area (Å²) in [6.45, 7) is 6.74. The molecule has 0 amide bonds. The lowest BCUT2D eigenvalue weighted by Gasteiger charge is -2.20. The molecule has 29 heavy (non-hydrogen) atoms. The summed E-state index contributed by atoms with van der Waals surface area (Å²) >= 11 is 0. The predicted octanol–water partition coefficient (Wildman–Crippen LogP) is 5.97. The zero-order valence-electron chi connectivity index (χ0n) is 17.3. The van der Waals surface area contributed by atoms with E-state index in [1.165, 1.54) is 22.3 Å². The third kappa shape index (κ3) is 4.80. The molecule has 4 rings (SSSR count). The van der Waals surface area contributed by atoms with Gasteiger partial charge < -0.3 is 14.2 Å². The van der Waals surface area contributed by atoms with E-state index in [2.05, 4.69) is 69.3 Å². The summed E-state index contributed by atoms with van der Waals surface area (Å²) in [6.07, 6.45) is 0.619. The second kappa shape index (κ2) is 8.71. The van der Waals surface area contributed by atoms with Gasteiger partial charge in [-0.25, -0.2) is 0 Å². The Hall–Kier alpha value is -2.78. The summed E-state index contributed by atoms with van der Waals surface area (Å²) < 4.78 is 18.8. The van der Waals surface area contributed by atoms with Gasteiger partial charge in [0.05, 0.1) is 6.10 Å². The first-order chi connectivity index (χ1) is 14.1. The number of hydrogen-bond donors (Lipinski definition) is 0. The van der Waals surface area contributed by atoms with Crippen molar-refractivity contribution in [3.63, 3.8) is 0 Å². The largest absolute Gasteiger partial charge is 0.491 e. The normalized spacial score (nSPS) is 21.1. The van der Waals surface area contributed by atoms with Crippen LogP contribution in [0.1, 0.15) is 34.8 Å². The van der Waals surface area contributed by atoms with Crippen LogP contribution in [0.4, 0.5) is 0 Å². The number of ether oxygens (including phenoxy) is 3. The van der Waals surface area contributed by atoms with Gasteiger partial charge in [0.2, 0.25) is 0 Å². The Balaban J connectivity index is 1.50. The topological polar surface area (TPSA) is 27.7 Å². The van der Waals surface area contributed by atoms with Crippen LogP contribution in [0, 0.1) is 20.8 Å². The molecule has 0 radical (unpaired) electrons. The van der Waals surface area contributed by atoms with Gasteiger partial charge in [-0.05, 0) is 56.2 Å². The van der Waals surface area contributed by atoms with Gasteiger partial charge in [-0.3, -0.25) is 0 Å². The highest BCUT2D eigenvalue weighted by molar-refractivity contribution is 5.30. The monoisotopic (exact) mass is 388 g/mol. The predicted molar refractivity (Wildman–Crippen MR) is 116 cm³/mol. The van der Waals surface area contributed by atoms with E-state index in [9.17, 15) is 0 Å². The van der Waals surface area contributed by atoms with Crippen LogP contribution >= 0.6 is 0 Å². The fraction of sp³-hybridized carbons (Fsp3) is 0.308. The molecule has 1 fully saturated rings. The molecular formula is C26H28O3. The van der Waals surface area contributed by atoms with Crippen LogP contribution in [-0.4, -0.2) is 18.8 Å². The molecule has 1 aliphatic rings. The van der Waals surface area contributed by atoms with Crippen LogP contribution in [0.3, 0.4) is 0 Å². The average Bonchev–Trinajstić information content (AvgIpc) is 3.12.